The summed E-state index contributed by atoms with van der Waals surface area (Å²) >= 11 is 0. The number of halogens is 2. The highest BCUT2D eigenvalue weighted by Crippen LogP contribution is 2.20. The fraction of sp³-hybridized carbons (Fsp3) is 0.143. The predicted octanol–water partition coefficient (Wildman–Crippen LogP) is 3.47. The van der Waals surface area contributed by atoms with Gasteiger partial charge in [-0.15, -0.1) is 0 Å². The van der Waals surface area contributed by atoms with Crippen LogP contribution < -0.4 is 5.32 Å². The van der Waals surface area contributed by atoms with Crippen LogP contribution >= 0.6 is 0 Å². The van der Waals surface area contributed by atoms with Crippen LogP contribution in [0.4, 0.5) is 8.78 Å². The van der Waals surface area contributed by atoms with Crippen molar-refractivity contribution in [2.75, 3.05) is 0 Å². The van der Waals surface area contributed by atoms with Gasteiger partial charge in [-0.1, -0.05) is 48.5 Å². The molecule has 0 heterocycles. The quantitative estimate of drug-likeness (QED) is 0.699. The van der Waals surface area contributed by atoms with Crippen molar-refractivity contribution in [1.29, 1.82) is 0 Å². The first-order chi connectivity index (χ1) is 12.9. The van der Waals surface area contributed by atoms with Gasteiger partial charge in [0.15, 0.2) is 11.6 Å². The van der Waals surface area contributed by atoms with Crippen LogP contribution in [0.1, 0.15) is 11.1 Å². The largest absolute Gasteiger partial charge is 0.480 e. The first kappa shape index (κ1) is 18.5. The van der Waals surface area contributed by atoms with Gasteiger partial charge >= 0.3 is 5.97 Å². The Balaban J connectivity index is 1.74. The molecule has 3 rings (SSSR count). The van der Waals surface area contributed by atoms with Gasteiger partial charge in [0.05, 0.1) is 6.42 Å². The molecule has 0 aromatic heterocycles. The van der Waals surface area contributed by atoms with Crippen molar-refractivity contribution >= 4 is 22.6 Å². The summed E-state index contributed by atoms with van der Waals surface area (Å²) in [5, 5.41) is 13.8. The maximum absolute atomic E-state index is 13.3. The van der Waals surface area contributed by atoms with E-state index in [-0.39, 0.29) is 18.4 Å². The minimum Gasteiger partial charge on any atom is -0.480 e. The molecule has 2 N–H and O–H groups in total. The van der Waals surface area contributed by atoms with E-state index in [0.717, 1.165) is 28.5 Å². The summed E-state index contributed by atoms with van der Waals surface area (Å²) in [6.45, 7) is 0. The van der Waals surface area contributed by atoms with Crippen molar-refractivity contribution in [2.24, 2.45) is 0 Å². The van der Waals surface area contributed by atoms with Crippen LogP contribution in [-0.4, -0.2) is 23.0 Å². The van der Waals surface area contributed by atoms with E-state index in [9.17, 15) is 23.5 Å². The molecular formula is C21H17F2NO3. The molecule has 0 aliphatic rings. The van der Waals surface area contributed by atoms with Crippen LogP contribution in [0.15, 0.2) is 60.7 Å². The number of carboxylic acids is 1. The molecule has 27 heavy (non-hydrogen) atoms. The summed E-state index contributed by atoms with van der Waals surface area (Å²) < 4.78 is 26.2. The maximum Gasteiger partial charge on any atom is 0.326 e. The zero-order valence-electron chi connectivity index (χ0n) is 14.3. The molecule has 138 valence electrons. The summed E-state index contributed by atoms with van der Waals surface area (Å²) in [5.41, 5.74) is 1.06. The van der Waals surface area contributed by atoms with E-state index in [1.165, 1.54) is 6.07 Å². The fourth-order valence-electron chi connectivity index (χ4n) is 2.97. The summed E-state index contributed by atoms with van der Waals surface area (Å²) in [7, 11) is 0. The van der Waals surface area contributed by atoms with E-state index in [2.05, 4.69) is 5.32 Å². The molecule has 0 bridgehead atoms. The minimum absolute atomic E-state index is 0.111. The molecule has 0 saturated heterocycles. The highest BCUT2D eigenvalue weighted by Gasteiger charge is 2.21. The third kappa shape index (κ3) is 4.47. The number of benzene rings is 3. The number of amides is 1. The molecule has 3 aromatic carbocycles. The lowest BCUT2D eigenvalue weighted by Crippen LogP contribution is -2.43. The van der Waals surface area contributed by atoms with Crippen LogP contribution in [0.2, 0.25) is 0 Å². The van der Waals surface area contributed by atoms with Crippen LogP contribution in [0, 0.1) is 11.6 Å². The Labute approximate surface area is 154 Å². The van der Waals surface area contributed by atoms with Crippen molar-refractivity contribution < 1.29 is 23.5 Å². The summed E-state index contributed by atoms with van der Waals surface area (Å²) in [6, 6.07) is 15.2. The Kier molecular flexibility index (Phi) is 5.45. The van der Waals surface area contributed by atoms with Crippen LogP contribution in [-0.2, 0) is 22.4 Å². The Bertz CT molecular complexity index is 998. The Morgan fingerprint density at radius 1 is 0.963 bits per heavy atom. The van der Waals surface area contributed by atoms with E-state index < -0.39 is 29.6 Å². The highest BCUT2D eigenvalue weighted by molar-refractivity contribution is 5.88. The van der Waals surface area contributed by atoms with E-state index >= 15 is 0 Å². The van der Waals surface area contributed by atoms with Gasteiger partial charge in [0.2, 0.25) is 5.91 Å². The van der Waals surface area contributed by atoms with Crippen molar-refractivity contribution in [3.63, 3.8) is 0 Å². The average molecular weight is 369 g/mol. The third-order valence-electron chi connectivity index (χ3n) is 4.29. The smallest absolute Gasteiger partial charge is 0.326 e. The summed E-state index contributed by atoms with van der Waals surface area (Å²) in [5.74, 6) is -3.79. The molecule has 0 aliphatic carbocycles. The number of carboxylic acid groups (broad SMARTS) is 1. The molecule has 0 fully saturated rings. The van der Waals surface area contributed by atoms with Crippen LogP contribution in [0.5, 0.6) is 0 Å². The zero-order valence-corrected chi connectivity index (χ0v) is 14.3. The number of fused-ring (bicyclic) bond motifs is 1. The second-order valence-electron chi connectivity index (χ2n) is 6.23. The highest BCUT2D eigenvalue weighted by atomic mass is 19.2. The molecule has 4 nitrogen and oxygen atoms in total. The van der Waals surface area contributed by atoms with Crippen molar-refractivity contribution in [1.82, 2.24) is 5.32 Å². The molecule has 0 spiro atoms. The molecular weight excluding hydrogens is 352 g/mol. The predicted molar refractivity (Wildman–Crippen MR) is 97.3 cm³/mol. The van der Waals surface area contributed by atoms with Crippen molar-refractivity contribution in [3.8, 4) is 0 Å². The van der Waals surface area contributed by atoms with Crippen LogP contribution in [0.25, 0.3) is 10.8 Å². The number of carbonyl (C=O) groups excluding carboxylic acids is 1. The normalized spacial score (nSPS) is 11.9. The van der Waals surface area contributed by atoms with Gasteiger partial charge in [-0.3, -0.25) is 4.79 Å². The monoisotopic (exact) mass is 369 g/mol. The van der Waals surface area contributed by atoms with Gasteiger partial charge < -0.3 is 10.4 Å². The zero-order chi connectivity index (χ0) is 19.4. The second kappa shape index (κ2) is 7.95. The molecule has 6 heteroatoms. The van der Waals surface area contributed by atoms with Gasteiger partial charge in [0, 0.05) is 6.42 Å². The Morgan fingerprint density at radius 2 is 1.70 bits per heavy atom. The molecule has 0 aliphatic heterocycles. The second-order valence-corrected chi connectivity index (χ2v) is 6.23. The molecule has 1 atom stereocenters. The average Bonchev–Trinajstić information content (AvgIpc) is 2.64. The SMILES string of the molecule is O=C(Cc1ccc(F)c(F)c1)N[C@@H](Cc1cccc2ccccc12)C(=O)O. The number of rotatable bonds is 6. The number of hydrogen-bond donors (Lipinski definition) is 2. The topological polar surface area (TPSA) is 66.4 Å². The maximum atomic E-state index is 13.3. The van der Waals surface area contributed by atoms with E-state index in [0.29, 0.717) is 0 Å². The van der Waals surface area contributed by atoms with E-state index in [1.807, 2.05) is 42.5 Å². The van der Waals surface area contributed by atoms with Crippen molar-refractivity contribution in [2.45, 2.75) is 18.9 Å². The lowest BCUT2D eigenvalue weighted by atomic mass is 9.98. The standard InChI is InChI=1S/C21H17F2NO3/c22-17-9-8-13(10-18(17)23)11-20(25)24-19(21(26)27)12-15-6-3-5-14-4-1-2-7-16(14)15/h1-10,19H,11-12H2,(H,24,25)(H,26,27)/t19-/m0/s1. The number of aliphatic carboxylic acids is 1. The van der Waals surface area contributed by atoms with Gasteiger partial charge in [-0.05, 0) is 34.0 Å². The van der Waals surface area contributed by atoms with Crippen molar-refractivity contribution in [3.05, 3.63) is 83.4 Å². The number of carbonyl (C=O) groups is 2. The van der Waals surface area contributed by atoms with Gasteiger partial charge in [-0.25, -0.2) is 13.6 Å². The van der Waals surface area contributed by atoms with Gasteiger partial charge in [0.25, 0.3) is 0 Å². The molecule has 0 radical (unpaired) electrons. The number of nitrogens with one attached hydrogen (secondary N) is 1. The van der Waals surface area contributed by atoms with E-state index in [1.54, 1.807) is 0 Å². The molecule has 3 aromatic rings. The lowest BCUT2D eigenvalue weighted by Gasteiger charge is -2.16. The fourth-order valence-corrected chi connectivity index (χ4v) is 2.97. The third-order valence-corrected chi connectivity index (χ3v) is 4.29. The lowest BCUT2D eigenvalue weighted by molar-refractivity contribution is -0.141. The first-order valence-electron chi connectivity index (χ1n) is 8.37. The first-order valence-corrected chi connectivity index (χ1v) is 8.37. The van der Waals surface area contributed by atoms with Gasteiger partial charge in [-0.2, -0.15) is 0 Å². The van der Waals surface area contributed by atoms with E-state index in [4.69, 9.17) is 0 Å². The number of hydrogen-bond acceptors (Lipinski definition) is 2. The Morgan fingerprint density at radius 3 is 2.44 bits per heavy atom. The minimum atomic E-state index is -1.17. The summed E-state index contributed by atoms with van der Waals surface area (Å²) in [4.78, 5) is 23.8. The molecule has 1 amide bonds. The molecule has 0 unspecified atom stereocenters. The molecule has 0 saturated carbocycles. The summed E-state index contributed by atoms with van der Waals surface area (Å²) in [6.07, 6.45) is -0.128. The van der Waals surface area contributed by atoms with Crippen LogP contribution in [0.3, 0.4) is 0 Å². The Hall–Kier alpha value is -3.28. The van der Waals surface area contributed by atoms with Gasteiger partial charge in [0.1, 0.15) is 6.04 Å².